The molecular formula is C15H19BrClN5O. The normalized spacial score (nSPS) is 14.9. The number of nitrogens with two attached hydrogens (primary N) is 1. The lowest BCUT2D eigenvalue weighted by Crippen LogP contribution is -2.38. The maximum atomic E-state index is 12.4. The maximum absolute atomic E-state index is 12.4. The molecule has 3 N–H and O–H groups in total. The van der Waals surface area contributed by atoms with Gasteiger partial charge >= 0.3 is 0 Å². The largest absolute Gasteiger partial charge is 0.347 e. The minimum absolute atomic E-state index is 0. The number of carbonyl (C=O) groups excluding carboxylic acids is 1. The molecular weight excluding hydrogens is 382 g/mol. The Morgan fingerprint density at radius 3 is 2.65 bits per heavy atom. The SMILES string of the molecule is C[C@@H](CN)NC(=O)c1nnn(-c2ccc(Br)cc2)c1C1CC1.Cl. The summed E-state index contributed by atoms with van der Waals surface area (Å²) in [5, 5.41) is 11.2. The molecule has 8 heteroatoms. The number of amides is 1. The molecule has 1 heterocycles. The molecule has 124 valence electrons. The summed E-state index contributed by atoms with van der Waals surface area (Å²) in [7, 11) is 0. The lowest BCUT2D eigenvalue weighted by molar-refractivity contribution is 0.0935. The Morgan fingerprint density at radius 2 is 2.09 bits per heavy atom. The zero-order chi connectivity index (χ0) is 15.7. The van der Waals surface area contributed by atoms with Crippen LogP contribution in [0.25, 0.3) is 5.69 Å². The van der Waals surface area contributed by atoms with Gasteiger partial charge in [0.15, 0.2) is 5.69 Å². The van der Waals surface area contributed by atoms with E-state index in [1.807, 2.05) is 31.2 Å². The molecule has 0 saturated heterocycles. The molecule has 1 aliphatic rings. The summed E-state index contributed by atoms with van der Waals surface area (Å²) in [6, 6.07) is 7.72. The zero-order valence-electron chi connectivity index (χ0n) is 12.7. The summed E-state index contributed by atoms with van der Waals surface area (Å²) >= 11 is 3.42. The fourth-order valence-electron chi connectivity index (χ4n) is 2.30. The first-order valence-electron chi connectivity index (χ1n) is 7.32. The second kappa shape index (κ2) is 7.42. The predicted octanol–water partition coefficient (Wildman–Crippen LogP) is 2.41. The highest BCUT2D eigenvalue weighted by Crippen LogP contribution is 2.42. The van der Waals surface area contributed by atoms with Crippen LogP contribution in [0, 0.1) is 0 Å². The number of halogens is 2. The van der Waals surface area contributed by atoms with Gasteiger partial charge in [0.05, 0.1) is 11.4 Å². The summed E-state index contributed by atoms with van der Waals surface area (Å²) in [4.78, 5) is 12.4. The van der Waals surface area contributed by atoms with Gasteiger partial charge in [0.1, 0.15) is 0 Å². The van der Waals surface area contributed by atoms with E-state index in [-0.39, 0.29) is 24.4 Å². The Bertz CT molecular complexity index is 684. The average Bonchev–Trinajstić information content (AvgIpc) is 3.26. The number of nitrogens with zero attached hydrogens (tertiary/aromatic N) is 3. The third-order valence-corrected chi connectivity index (χ3v) is 4.22. The summed E-state index contributed by atoms with van der Waals surface area (Å²) < 4.78 is 2.77. The van der Waals surface area contributed by atoms with Crippen LogP contribution in [-0.2, 0) is 0 Å². The van der Waals surface area contributed by atoms with E-state index in [2.05, 4.69) is 31.6 Å². The van der Waals surface area contributed by atoms with Crippen LogP contribution in [0.5, 0.6) is 0 Å². The van der Waals surface area contributed by atoms with Crippen LogP contribution in [0.4, 0.5) is 0 Å². The van der Waals surface area contributed by atoms with Crippen molar-refractivity contribution < 1.29 is 4.79 Å². The van der Waals surface area contributed by atoms with Gasteiger partial charge in [-0.2, -0.15) is 0 Å². The minimum Gasteiger partial charge on any atom is -0.347 e. The van der Waals surface area contributed by atoms with Crippen molar-refractivity contribution in [2.75, 3.05) is 6.54 Å². The molecule has 0 aliphatic heterocycles. The van der Waals surface area contributed by atoms with Crippen molar-refractivity contribution in [3.8, 4) is 5.69 Å². The molecule has 0 bridgehead atoms. The number of carbonyl (C=O) groups is 1. The molecule has 0 radical (unpaired) electrons. The van der Waals surface area contributed by atoms with E-state index >= 15 is 0 Å². The number of benzene rings is 1. The number of hydrogen-bond acceptors (Lipinski definition) is 4. The van der Waals surface area contributed by atoms with Crippen LogP contribution in [0.15, 0.2) is 28.7 Å². The molecule has 1 saturated carbocycles. The highest BCUT2D eigenvalue weighted by Gasteiger charge is 2.34. The molecule has 1 aromatic carbocycles. The quantitative estimate of drug-likeness (QED) is 0.807. The van der Waals surface area contributed by atoms with Gasteiger partial charge in [0.2, 0.25) is 0 Å². The van der Waals surface area contributed by atoms with Gasteiger partial charge in [-0.15, -0.1) is 17.5 Å². The Morgan fingerprint density at radius 1 is 1.43 bits per heavy atom. The molecule has 3 rings (SSSR count). The molecule has 1 aliphatic carbocycles. The highest BCUT2D eigenvalue weighted by atomic mass is 79.9. The number of nitrogens with one attached hydrogen (secondary N) is 1. The van der Waals surface area contributed by atoms with Gasteiger partial charge in [-0.25, -0.2) is 4.68 Å². The van der Waals surface area contributed by atoms with E-state index in [0.29, 0.717) is 18.2 Å². The van der Waals surface area contributed by atoms with Crippen molar-refractivity contribution in [2.45, 2.75) is 31.7 Å². The Kier molecular flexibility index (Phi) is 5.78. The van der Waals surface area contributed by atoms with Gasteiger partial charge in [-0.05, 0) is 44.0 Å². The van der Waals surface area contributed by atoms with Crippen LogP contribution in [0.1, 0.15) is 41.9 Å². The molecule has 0 spiro atoms. The first-order chi connectivity index (χ1) is 10.6. The lowest BCUT2D eigenvalue weighted by atomic mass is 10.2. The van der Waals surface area contributed by atoms with Crippen LogP contribution in [0.3, 0.4) is 0 Å². The van der Waals surface area contributed by atoms with E-state index in [0.717, 1.165) is 28.7 Å². The summed E-state index contributed by atoms with van der Waals surface area (Å²) in [5.41, 5.74) is 7.77. The van der Waals surface area contributed by atoms with Gasteiger partial charge in [0, 0.05) is 23.0 Å². The second-order valence-electron chi connectivity index (χ2n) is 5.60. The van der Waals surface area contributed by atoms with E-state index < -0.39 is 0 Å². The van der Waals surface area contributed by atoms with Crippen molar-refractivity contribution in [1.29, 1.82) is 0 Å². The van der Waals surface area contributed by atoms with E-state index in [4.69, 9.17) is 5.73 Å². The Labute approximate surface area is 149 Å². The first kappa shape index (κ1) is 17.9. The van der Waals surface area contributed by atoms with Crippen LogP contribution in [0.2, 0.25) is 0 Å². The Balaban J connectivity index is 0.00000192. The third kappa shape index (κ3) is 3.91. The summed E-state index contributed by atoms with van der Waals surface area (Å²) in [6.45, 7) is 2.26. The standard InChI is InChI=1S/C15H18BrN5O.ClH/c1-9(8-17)18-15(22)13-14(10-2-3-10)21(20-19-13)12-6-4-11(16)5-7-12;/h4-7,9-10H,2-3,8,17H2,1H3,(H,18,22);1H/t9-;/m0./s1. The lowest BCUT2D eigenvalue weighted by Gasteiger charge is -2.11. The number of rotatable bonds is 5. The molecule has 1 atom stereocenters. The van der Waals surface area contributed by atoms with Crippen molar-refractivity contribution in [1.82, 2.24) is 20.3 Å². The van der Waals surface area contributed by atoms with Crippen LogP contribution >= 0.6 is 28.3 Å². The monoisotopic (exact) mass is 399 g/mol. The van der Waals surface area contributed by atoms with Gasteiger partial charge in [0.25, 0.3) is 5.91 Å². The second-order valence-corrected chi connectivity index (χ2v) is 6.51. The highest BCUT2D eigenvalue weighted by molar-refractivity contribution is 9.10. The molecule has 6 nitrogen and oxygen atoms in total. The van der Waals surface area contributed by atoms with Crippen LogP contribution < -0.4 is 11.1 Å². The smallest absolute Gasteiger partial charge is 0.274 e. The minimum atomic E-state index is -0.205. The summed E-state index contributed by atoms with van der Waals surface area (Å²) in [6.07, 6.45) is 2.13. The molecule has 1 amide bonds. The maximum Gasteiger partial charge on any atom is 0.274 e. The Hall–Kier alpha value is -1.44. The van der Waals surface area contributed by atoms with E-state index in [1.165, 1.54) is 0 Å². The molecule has 2 aromatic rings. The molecule has 1 fully saturated rings. The van der Waals surface area contributed by atoms with Crippen molar-refractivity contribution in [3.05, 3.63) is 40.1 Å². The number of hydrogen-bond donors (Lipinski definition) is 2. The summed E-state index contributed by atoms with van der Waals surface area (Å²) in [5.74, 6) is 0.149. The van der Waals surface area contributed by atoms with Crippen molar-refractivity contribution >= 4 is 34.2 Å². The average molecular weight is 401 g/mol. The van der Waals surface area contributed by atoms with Gasteiger partial charge in [-0.1, -0.05) is 21.1 Å². The first-order valence-corrected chi connectivity index (χ1v) is 8.12. The fraction of sp³-hybridized carbons (Fsp3) is 0.400. The third-order valence-electron chi connectivity index (χ3n) is 3.69. The molecule has 0 unspecified atom stereocenters. The topological polar surface area (TPSA) is 85.8 Å². The predicted molar refractivity (Wildman–Crippen MR) is 94.3 cm³/mol. The fourth-order valence-corrected chi connectivity index (χ4v) is 2.56. The molecule has 1 aromatic heterocycles. The van der Waals surface area contributed by atoms with Gasteiger partial charge < -0.3 is 11.1 Å². The van der Waals surface area contributed by atoms with Crippen LogP contribution in [-0.4, -0.2) is 33.5 Å². The molecule has 23 heavy (non-hydrogen) atoms. The zero-order valence-corrected chi connectivity index (χ0v) is 15.1. The van der Waals surface area contributed by atoms with E-state index in [1.54, 1.807) is 4.68 Å². The number of aromatic nitrogens is 3. The van der Waals surface area contributed by atoms with E-state index in [9.17, 15) is 4.79 Å². The van der Waals surface area contributed by atoms with Crippen molar-refractivity contribution in [3.63, 3.8) is 0 Å². The van der Waals surface area contributed by atoms with Gasteiger partial charge in [-0.3, -0.25) is 4.79 Å². The van der Waals surface area contributed by atoms with Crippen molar-refractivity contribution in [2.24, 2.45) is 5.73 Å².